The van der Waals surface area contributed by atoms with Crippen LogP contribution in [0.1, 0.15) is 25.8 Å². The minimum atomic E-state index is -0.102. The van der Waals surface area contributed by atoms with Crippen molar-refractivity contribution < 1.29 is 4.79 Å². The quantitative estimate of drug-likeness (QED) is 0.224. The number of carbonyl (C=O) groups is 1. The summed E-state index contributed by atoms with van der Waals surface area (Å²) < 4.78 is 0. The van der Waals surface area contributed by atoms with Crippen LogP contribution in [0.25, 0.3) is 50.3 Å². The molecule has 4 aromatic heterocycles. The van der Waals surface area contributed by atoms with E-state index < -0.39 is 0 Å². The van der Waals surface area contributed by atoms with Crippen molar-refractivity contribution in [2.75, 3.05) is 0 Å². The summed E-state index contributed by atoms with van der Waals surface area (Å²) in [6.45, 7) is 7.23. The molecular formula is C27H24N8O. The summed E-state index contributed by atoms with van der Waals surface area (Å²) >= 11 is 0. The number of benzene rings is 1. The molecule has 4 heterocycles. The van der Waals surface area contributed by atoms with Gasteiger partial charge in [-0.2, -0.15) is 5.10 Å². The molecule has 3 N–H and O–H groups in total. The normalized spacial score (nSPS) is 12.3. The molecule has 0 saturated carbocycles. The van der Waals surface area contributed by atoms with E-state index in [0.717, 1.165) is 38.7 Å². The third kappa shape index (κ3) is 4.41. The number of rotatable bonds is 7. The first kappa shape index (κ1) is 22.9. The standard InChI is InChI=1S/C27H24N8O/c1-4-23(36)31-19(15-28-3)11-16(2)18-12-21-25(34-35-26(21)30-14-18)27-32-22-9-5-8-20(24(22)33-27)17-7-6-10-29-13-17/h5-15H,3-4H2,1-2H3,(H,31,36)(H,32,33)(H,30,34,35)/b16-11+,19-15+. The van der Waals surface area contributed by atoms with Crippen LogP contribution in [0.4, 0.5) is 0 Å². The maximum Gasteiger partial charge on any atom is 0.224 e. The molecule has 0 atom stereocenters. The van der Waals surface area contributed by atoms with Crippen LogP contribution in [-0.2, 0) is 4.79 Å². The Morgan fingerprint density at radius 2 is 2.11 bits per heavy atom. The molecule has 5 rings (SSSR count). The van der Waals surface area contributed by atoms with Crippen molar-refractivity contribution >= 4 is 40.3 Å². The van der Waals surface area contributed by atoms with Crippen LogP contribution in [0.15, 0.2) is 78.0 Å². The molecule has 0 aliphatic rings. The van der Waals surface area contributed by atoms with E-state index in [1.165, 1.54) is 6.20 Å². The summed E-state index contributed by atoms with van der Waals surface area (Å²) in [5, 5.41) is 11.1. The number of para-hydroxylation sites is 1. The van der Waals surface area contributed by atoms with Crippen molar-refractivity contribution in [1.82, 2.24) is 35.5 Å². The number of nitrogens with zero attached hydrogens (tertiary/aromatic N) is 5. The van der Waals surface area contributed by atoms with Gasteiger partial charge in [0.15, 0.2) is 11.5 Å². The zero-order valence-electron chi connectivity index (χ0n) is 19.9. The number of amides is 1. The van der Waals surface area contributed by atoms with Crippen LogP contribution >= 0.6 is 0 Å². The number of aliphatic imine (C=N–C) groups is 1. The summed E-state index contributed by atoms with van der Waals surface area (Å²) in [7, 11) is 0. The Bertz CT molecular complexity index is 1640. The zero-order chi connectivity index (χ0) is 25.1. The highest BCUT2D eigenvalue weighted by atomic mass is 16.1. The molecule has 0 aliphatic carbocycles. The summed E-state index contributed by atoms with van der Waals surface area (Å²) in [6.07, 6.45) is 9.06. The molecule has 0 bridgehead atoms. The fourth-order valence-electron chi connectivity index (χ4n) is 3.97. The number of hydrogen-bond acceptors (Lipinski definition) is 6. The first-order valence-corrected chi connectivity index (χ1v) is 11.5. The van der Waals surface area contributed by atoms with Crippen LogP contribution < -0.4 is 5.32 Å². The highest BCUT2D eigenvalue weighted by Gasteiger charge is 2.16. The molecule has 178 valence electrons. The van der Waals surface area contributed by atoms with Gasteiger partial charge in [0.2, 0.25) is 5.91 Å². The number of H-pyrrole nitrogens is 2. The van der Waals surface area contributed by atoms with Gasteiger partial charge in [0.05, 0.1) is 22.1 Å². The SMILES string of the molecule is C=N/C=C(\C=C(/C)c1cnc2[nH]nc(-c3nc4c(-c5cccnc5)cccc4[nH]3)c2c1)NC(=O)CC. The molecule has 0 radical (unpaired) electrons. The van der Waals surface area contributed by atoms with E-state index in [0.29, 0.717) is 29.3 Å². The largest absolute Gasteiger partial charge is 0.337 e. The van der Waals surface area contributed by atoms with Crippen LogP contribution in [-0.4, -0.2) is 42.8 Å². The molecule has 1 amide bonds. The predicted molar refractivity (Wildman–Crippen MR) is 142 cm³/mol. The minimum Gasteiger partial charge on any atom is -0.337 e. The van der Waals surface area contributed by atoms with Gasteiger partial charge in [-0.1, -0.05) is 25.1 Å². The molecule has 0 saturated heterocycles. The number of carbonyl (C=O) groups excluding carboxylic acids is 1. The van der Waals surface area contributed by atoms with Gasteiger partial charge in [0, 0.05) is 42.3 Å². The minimum absolute atomic E-state index is 0.102. The van der Waals surface area contributed by atoms with Crippen molar-refractivity contribution in [3.8, 4) is 22.6 Å². The Hall–Kier alpha value is -4.92. The topological polar surface area (TPSA) is 125 Å². The van der Waals surface area contributed by atoms with Gasteiger partial charge >= 0.3 is 0 Å². The molecule has 0 aliphatic heterocycles. The van der Waals surface area contributed by atoms with Crippen molar-refractivity contribution in [3.63, 3.8) is 0 Å². The van der Waals surface area contributed by atoms with Crippen LogP contribution in [0.2, 0.25) is 0 Å². The van der Waals surface area contributed by atoms with Gasteiger partial charge in [-0.15, -0.1) is 0 Å². The van der Waals surface area contributed by atoms with E-state index >= 15 is 0 Å². The smallest absolute Gasteiger partial charge is 0.224 e. The lowest BCUT2D eigenvalue weighted by Gasteiger charge is -2.07. The predicted octanol–water partition coefficient (Wildman–Crippen LogP) is 5.03. The molecular weight excluding hydrogens is 452 g/mol. The third-order valence-corrected chi connectivity index (χ3v) is 5.79. The molecule has 36 heavy (non-hydrogen) atoms. The number of pyridine rings is 2. The lowest BCUT2D eigenvalue weighted by Crippen LogP contribution is -2.20. The molecule has 9 nitrogen and oxygen atoms in total. The van der Waals surface area contributed by atoms with E-state index in [1.807, 2.05) is 55.6 Å². The third-order valence-electron chi connectivity index (χ3n) is 5.79. The number of nitrogens with one attached hydrogen (secondary N) is 3. The lowest BCUT2D eigenvalue weighted by molar-refractivity contribution is -0.120. The van der Waals surface area contributed by atoms with Gasteiger partial charge in [0.1, 0.15) is 5.69 Å². The Labute approximate surface area is 207 Å². The van der Waals surface area contributed by atoms with Gasteiger partial charge in [-0.25, -0.2) is 9.97 Å². The first-order valence-electron chi connectivity index (χ1n) is 11.5. The Morgan fingerprint density at radius 3 is 2.89 bits per heavy atom. The monoisotopic (exact) mass is 476 g/mol. The molecule has 0 spiro atoms. The van der Waals surface area contributed by atoms with Crippen molar-refractivity contribution in [1.29, 1.82) is 0 Å². The Morgan fingerprint density at radius 1 is 1.22 bits per heavy atom. The van der Waals surface area contributed by atoms with Gasteiger partial charge in [-0.3, -0.25) is 19.9 Å². The number of aromatic amines is 2. The maximum atomic E-state index is 11.9. The maximum absolute atomic E-state index is 11.9. The number of hydrogen-bond donors (Lipinski definition) is 3. The molecule has 9 heteroatoms. The van der Waals surface area contributed by atoms with Gasteiger partial charge in [-0.05, 0) is 49.1 Å². The van der Waals surface area contributed by atoms with Gasteiger partial charge in [0.25, 0.3) is 0 Å². The second-order valence-electron chi connectivity index (χ2n) is 8.22. The number of imidazole rings is 1. The molecule has 0 unspecified atom stereocenters. The average Bonchev–Trinajstić information content (AvgIpc) is 3.52. The van der Waals surface area contributed by atoms with Crippen LogP contribution in [0.5, 0.6) is 0 Å². The van der Waals surface area contributed by atoms with E-state index in [2.05, 4.69) is 42.2 Å². The summed E-state index contributed by atoms with van der Waals surface area (Å²) in [5.41, 5.74) is 7.37. The van der Waals surface area contributed by atoms with E-state index in [4.69, 9.17) is 4.98 Å². The van der Waals surface area contributed by atoms with Crippen molar-refractivity contribution in [2.24, 2.45) is 4.99 Å². The Kier molecular flexibility index (Phi) is 6.19. The van der Waals surface area contributed by atoms with Crippen LogP contribution in [0.3, 0.4) is 0 Å². The average molecular weight is 477 g/mol. The summed E-state index contributed by atoms with van der Waals surface area (Å²) in [4.78, 5) is 32.7. The fraction of sp³-hybridized carbons (Fsp3) is 0.111. The number of allylic oxidation sites excluding steroid dienone is 2. The van der Waals surface area contributed by atoms with E-state index in [1.54, 1.807) is 19.3 Å². The van der Waals surface area contributed by atoms with Crippen molar-refractivity contribution in [2.45, 2.75) is 20.3 Å². The number of aromatic nitrogens is 6. The summed E-state index contributed by atoms with van der Waals surface area (Å²) in [6, 6.07) is 11.9. The van der Waals surface area contributed by atoms with Crippen molar-refractivity contribution in [3.05, 3.63) is 78.5 Å². The highest BCUT2D eigenvalue weighted by Crippen LogP contribution is 2.31. The second-order valence-corrected chi connectivity index (χ2v) is 8.22. The van der Waals surface area contributed by atoms with E-state index in [-0.39, 0.29) is 5.91 Å². The molecule has 1 aromatic carbocycles. The summed E-state index contributed by atoms with van der Waals surface area (Å²) in [5.74, 6) is 0.537. The highest BCUT2D eigenvalue weighted by molar-refractivity contribution is 5.97. The van der Waals surface area contributed by atoms with Gasteiger partial charge < -0.3 is 10.3 Å². The fourth-order valence-corrected chi connectivity index (χ4v) is 3.97. The molecule has 5 aromatic rings. The Balaban J connectivity index is 1.56. The zero-order valence-corrected chi connectivity index (χ0v) is 19.9. The molecule has 0 fully saturated rings. The number of fused-ring (bicyclic) bond motifs is 2. The van der Waals surface area contributed by atoms with E-state index in [9.17, 15) is 4.79 Å². The lowest BCUT2D eigenvalue weighted by atomic mass is 10.1. The second kappa shape index (κ2) is 9.75. The van der Waals surface area contributed by atoms with Crippen LogP contribution in [0, 0.1) is 0 Å². The first-order chi connectivity index (χ1) is 17.6.